The Balaban J connectivity index is 3.44. The van der Waals surface area contributed by atoms with Gasteiger partial charge >= 0.3 is 12.4 Å². The average molecular weight is 290 g/mol. The summed E-state index contributed by atoms with van der Waals surface area (Å²) in [4.78, 5) is 0. The van der Waals surface area contributed by atoms with E-state index in [1.165, 1.54) is 27.7 Å². The lowest BCUT2D eigenvalue weighted by atomic mass is 9.49. The van der Waals surface area contributed by atoms with Gasteiger partial charge in [0.2, 0.25) is 0 Å². The molecule has 0 bridgehead atoms. The summed E-state index contributed by atoms with van der Waals surface area (Å²) < 4.78 is 79.1. The van der Waals surface area contributed by atoms with Crippen LogP contribution in [0.4, 0.5) is 26.3 Å². The molecule has 0 atom stereocenters. The van der Waals surface area contributed by atoms with Crippen LogP contribution in [0.1, 0.15) is 47.5 Å². The topological polar surface area (TPSA) is 0 Å². The molecule has 6 heteroatoms. The first-order valence-electron chi connectivity index (χ1n) is 6.20. The Hall–Kier alpha value is -0.420. The molecule has 0 N–H and O–H groups in total. The van der Waals surface area contributed by atoms with Gasteiger partial charge in [-0.2, -0.15) is 26.3 Å². The number of hydrogen-bond donors (Lipinski definition) is 0. The Morgan fingerprint density at radius 1 is 0.737 bits per heavy atom. The fourth-order valence-corrected chi connectivity index (χ4v) is 3.54. The third kappa shape index (κ3) is 2.47. The Morgan fingerprint density at radius 3 is 1.21 bits per heavy atom. The van der Waals surface area contributed by atoms with Crippen molar-refractivity contribution in [3.63, 3.8) is 0 Å². The van der Waals surface area contributed by atoms with E-state index in [-0.39, 0.29) is 5.92 Å². The third-order valence-electron chi connectivity index (χ3n) is 4.94. The quantitative estimate of drug-likeness (QED) is 0.511. The van der Waals surface area contributed by atoms with Crippen LogP contribution in [0, 0.1) is 22.2 Å². The van der Waals surface area contributed by atoms with Gasteiger partial charge in [0.15, 0.2) is 5.41 Å². The van der Waals surface area contributed by atoms with E-state index in [4.69, 9.17) is 0 Å². The lowest BCUT2D eigenvalue weighted by molar-refractivity contribution is -0.371. The molecule has 0 saturated heterocycles. The smallest absolute Gasteiger partial charge is 0.170 e. The molecule has 1 aliphatic carbocycles. The van der Waals surface area contributed by atoms with Crippen LogP contribution >= 0.6 is 0 Å². The highest BCUT2D eigenvalue weighted by atomic mass is 19.4. The highest BCUT2D eigenvalue weighted by molar-refractivity contribution is 5.07. The minimum absolute atomic E-state index is 0.224. The maximum absolute atomic E-state index is 13.2. The van der Waals surface area contributed by atoms with Crippen LogP contribution in [-0.4, -0.2) is 12.4 Å². The zero-order valence-electron chi connectivity index (χ0n) is 11.8. The summed E-state index contributed by atoms with van der Waals surface area (Å²) in [6.07, 6.45) is -12.4. The van der Waals surface area contributed by atoms with E-state index in [0.29, 0.717) is 0 Å². The summed E-state index contributed by atoms with van der Waals surface area (Å²) in [5.74, 6) is -0.224. The monoisotopic (exact) mass is 290 g/mol. The fraction of sp³-hybridized carbons (Fsp3) is 1.00. The van der Waals surface area contributed by atoms with Crippen molar-refractivity contribution in [1.82, 2.24) is 0 Å². The summed E-state index contributed by atoms with van der Waals surface area (Å²) in [6.45, 7) is 7.70. The van der Waals surface area contributed by atoms with Crippen LogP contribution < -0.4 is 0 Å². The number of alkyl halides is 6. The van der Waals surface area contributed by atoms with Crippen molar-refractivity contribution < 1.29 is 26.3 Å². The normalized spacial score (nSPS) is 27.3. The van der Waals surface area contributed by atoms with Crippen LogP contribution in [0.2, 0.25) is 0 Å². The lowest BCUT2D eigenvalue weighted by Crippen LogP contribution is -2.60. The molecule has 0 spiro atoms. The van der Waals surface area contributed by atoms with E-state index in [9.17, 15) is 26.3 Å². The molecule has 19 heavy (non-hydrogen) atoms. The van der Waals surface area contributed by atoms with E-state index in [1.807, 2.05) is 0 Å². The average Bonchev–Trinajstić information content (AvgIpc) is 2.09. The Kier molecular flexibility index (Phi) is 3.54. The first-order chi connectivity index (χ1) is 8.07. The second kappa shape index (κ2) is 4.04. The van der Waals surface area contributed by atoms with E-state index >= 15 is 0 Å². The van der Waals surface area contributed by atoms with Gasteiger partial charge in [-0.25, -0.2) is 0 Å². The highest BCUT2D eigenvalue weighted by Gasteiger charge is 2.74. The standard InChI is InChI=1S/C13H20F6/c1-8-9(2,3)6-11(12(14,15)16,13(17,18)19)7-10(8,4)5/h8H,6-7H2,1-5H3. The Bertz CT molecular complexity index is 313. The SMILES string of the molecule is CC1C(C)(C)CC(C(F)(F)F)(C(F)(F)F)CC1(C)C. The van der Waals surface area contributed by atoms with Gasteiger partial charge in [0.1, 0.15) is 0 Å². The summed E-state index contributed by atoms with van der Waals surface area (Å²) >= 11 is 0. The molecule has 0 nitrogen and oxygen atoms in total. The van der Waals surface area contributed by atoms with Gasteiger partial charge in [-0.1, -0.05) is 34.6 Å². The molecule has 0 amide bonds. The van der Waals surface area contributed by atoms with E-state index in [2.05, 4.69) is 0 Å². The van der Waals surface area contributed by atoms with Crippen LogP contribution in [0.25, 0.3) is 0 Å². The molecule has 0 aromatic carbocycles. The fourth-order valence-electron chi connectivity index (χ4n) is 3.54. The van der Waals surface area contributed by atoms with Crippen LogP contribution in [-0.2, 0) is 0 Å². The van der Waals surface area contributed by atoms with E-state index < -0.39 is 41.4 Å². The largest absolute Gasteiger partial charge is 0.403 e. The van der Waals surface area contributed by atoms with Gasteiger partial charge in [-0.15, -0.1) is 0 Å². The summed E-state index contributed by atoms with van der Waals surface area (Å²) in [6, 6.07) is 0. The van der Waals surface area contributed by atoms with Crippen molar-refractivity contribution in [2.75, 3.05) is 0 Å². The predicted molar refractivity (Wildman–Crippen MR) is 60.5 cm³/mol. The first kappa shape index (κ1) is 16.6. The second-order valence-corrected chi connectivity index (χ2v) is 7.13. The van der Waals surface area contributed by atoms with Crippen LogP contribution in [0.3, 0.4) is 0 Å². The van der Waals surface area contributed by atoms with Gasteiger partial charge in [0, 0.05) is 0 Å². The number of hydrogen-bond acceptors (Lipinski definition) is 0. The lowest BCUT2D eigenvalue weighted by Gasteiger charge is -2.56. The van der Waals surface area contributed by atoms with Crippen molar-refractivity contribution in [2.45, 2.75) is 59.8 Å². The molecule has 0 aromatic heterocycles. The van der Waals surface area contributed by atoms with Gasteiger partial charge in [0.25, 0.3) is 0 Å². The number of rotatable bonds is 0. The Morgan fingerprint density at radius 2 is 1.00 bits per heavy atom. The third-order valence-corrected chi connectivity index (χ3v) is 4.94. The molecule has 1 saturated carbocycles. The first-order valence-corrected chi connectivity index (χ1v) is 6.20. The van der Waals surface area contributed by atoms with Crippen molar-refractivity contribution in [1.29, 1.82) is 0 Å². The van der Waals surface area contributed by atoms with Crippen LogP contribution in [0.5, 0.6) is 0 Å². The molecule has 1 aliphatic rings. The minimum Gasteiger partial charge on any atom is -0.170 e. The van der Waals surface area contributed by atoms with Crippen molar-refractivity contribution in [2.24, 2.45) is 22.2 Å². The summed E-state index contributed by atoms with van der Waals surface area (Å²) in [7, 11) is 0. The molecule has 1 fully saturated rings. The number of halogens is 6. The van der Waals surface area contributed by atoms with Crippen molar-refractivity contribution >= 4 is 0 Å². The molecule has 0 unspecified atom stereocenters. The maximum atomic E-state index is 13.2. The molecule has 0 radical (unpaired) electrons. The van der Waals surface area contributed by atoms with E-state index in [0.717, 1.165) is 0 Å². The van der Waals surface area contributed by atoms with E-state index in [1.54, 1.807) is 6.92 Å². The minimum atomic E-state index is -5.28. The molecular weight excluding hydrogens is 270 g/mol. The molecule has 1 rings (SSSR count). The molecule has 0 aromatic rings. The Labute approximate surface area is 109 Å². The summed E-state index contributed by atoms with van der Waals surface area (Å²) in [5, 5.41) is 0. The zero-order chi connectivity index (χ0) is 15.5. The second-order valence-electron chi connectivity index (χ2n) is 7.13. The van der Waals surface area contributed by atoms with Crippen molar-refractivity contribution in [3.05, 3.63) is 0 Å². The van der Waals surface area contributed by atoms with Gasteiger partial charge in [-0.05, 0) is 29.6 Å². The predicted octanol–water partition coefficient (Wildman–Crippen LogP) is 5.58. The molecule has 114 valence electrons. The van der Waals surface area contributed by atoms with Gasteiger partial charge in [-0.3, -0.25) is 0 Å². The zero-order valence-corrected chi connectivity index (χ0v) is 11.8. The van der Waals surface area contributed by atoms with Gasteiger partial charge in [0.05, 0.1) is 0 Å². The molecular formula is C13H20F6. The summed E-state index contributed by atoms with van der Waals surface area (Å²) in [5.41, 5.74) is -5.64. The highest BCUT2D eigenvalue weighted by Crippen LogP contribution is 2.67. The molecule has 0 heterocycles. The van der Waals surface area contributed by atoms with Crippen molar-refractivity contribution in [3.8, 4) is 0 Å². The van der Waals surface area contributed by atoms with Crippen LogP contribution in [0.15, 0.2) is 0 Å². The maximum Gasteiger partial charge on any atom is 0.403 e. The van der Waals surface area contributed by atoms with Gasteiger partial charge < -0.3 is 0 Å². The molecule has 0 aliphatic heterocycles.